The fourth-order valence-electron chi connectivity index (χ4n) is 1.78. The number of aliphatic imine (C=N–C) groups is 1. The summed E-state index contributed by atoms with van der Waals surface area (Å²) in [6, 6.07) is 9.05. The molecule has 0 atom stereocenters. The van der Waals surface area contributed by atoms with Crippen LogP contribution in [0.2, 0.25) is 10.0 Å². The summed E-state index contributed by atoms with van der Waals surface area (Å²) in [4.78, 5) is 8.32. The zero-order valence-corrected chi connectivity index (χ0v) is 16.8. The molecule has 0 amide bonds. The van der Waals surface area contributed by atoms with Crippen molar-refractivity contribution in [3.63, 3.8) is 0 Å². The Hall–Kier alpha value is -1.45. The van der Waals surface area contributed by atoms with E-state index in [4.69, 9.17) is 33.7 Å². The molecule has 0 aliphatic heterocycles. The van der Waals surface area contributed by atoms with E-state index in [-0.39, 0.29) is 24.0 Å². The van der Waals surface area contributed by atoms with Gasteiger partial charge in [0.1, 0.15) is 11.6 Å². The molecule has 2 aromatic rings. The number of rotatable bonds is 6. The van der Waals surface area contributed by atoms with Crippen molar-refractivity contribution in [2.45, 2.75) is 0 Å². The highest BCUT2D eigenvalue weighted by molar-refractivity contribution is 14.0. The van der Waals surface area contributed by atoms with E-state index >= 15 is 0 Å². The van der Waals surface area contributed by atoms with Gasteiger partial charge in [-0.3, -0.25) is 4.99 Å². The van der Waals surface area contributed by atoms with Crippen LogP contribution in [0.3, 0.4) is 0 Å². The summed E-state index contributed by atoms with van der Waals surface area (Å²) < 4.78 is 5.14. The van der Waals surface area contributed by atoms with Crippen molar-refractivity contribution in [1.82, 2.24) is 4.98 Å². The van der Waals surface area contributed by atoms with Gasteiger partial charge in [0.25, 0.3) is 0 Å². The van der Waals surface area contributed by atoms with E-state index in [1.54, 1.807) is 13.2 Å². The molecule has 0 aliphatic carbocycles. The van der Waals surface area contributed by atoms with Gasteiger partial charge in [-0.15, -0.1) is 24.0 Å². The number of aromatic nitrogens is 1. The fourth-order valence-corrected chi connectivity index (χ4v) is 2.23. The molecule has 2 rings (SSSR count). The van der Waals surface area contributed by atoms with E-state index in [0.717, 1.165) is 11.4 Å². The Morgan fingerprint density at radius 2 is 2.12 bits per heavy atom. The van der Waals surface area contributed by atoms with Crippen LogP contribution in [-0.2, 0) is 0 Å². The van der Waals surface area contributed by atoms with Crippen molar-refractivity contribution in [2.24, 2.45) is 10.7 Å². The van der Waals surface area contributed by atoms with Crippen LogP contribution in [0.4, 0.5) is 11.5 Å². The van der Waals surface area contributed by atoms with Gasteiger partial charge in [0.2, 0.25) is 0 Å². The number of hydrogen-bond donors (Lipinski definition) is 3. The lowest BCUT2D eigenvalue weighted by atomic mass is 10.3. The van der Waals surface area contributed by atoms with Crippen molar-refractivity contribution in [1.29, 1.82) is 0 Å². The summed E-state index contributed by atoms with van der Waals surface area (Å²) in [5.74, 6) is 1.62. The zero-order chi connectivity index (χ0) is 16.7. The van der Waals surface area contributed by atoms with Gasteiger partial charge in [0.15, 0.2) is 5.96 Å². The Labute approximate surface area is 167 Å². The molecule has 4 N–H and O–H groups in total. The maximum absolute atomic E-state index is 6.01. The predicted molar refractivity (Wildman–Crippen MR) is 111 cm³/mol. The van der Waals surface area contributed by atoms with Crippen LogP contribution in [0.5, 0.6) is 5.75 Å². The van der Waals surface area contributed by atoms with Crippen molar-refractivity contribution in [2.75, 3.05) is 30.8 Å². The van der Waals surface area contributed by atoms with E-state index in [0.29, 0.717) is 34.9 Å². The average molecular weight is 482 g/mol. The third-order valence-electron chi connectivity index (χ3n) is 2.84. The van der Waals surface area contributed by atoms with Crippen molar-refractivity contribution >= 4 is 64.6 Å². The number of guanidine groups is 1. The van der Waals surface area contributed by atoms with E-state index < -0.39 is 0 Å². The summed E-state index contributed by atoms with van der Waals surface area (Å²) >= 11 is 11.8. The summed E-state index contributed by atoms with van der Waals surface area (Å²) in [5.41, 5.74) is 6.64. The normalized spacial score (nSPS) is 10.7. The Kier molecular flexibility index (Phi) is 8.94. The smallest absolute Gasteiger partial charge is 0.193 e. The third-order valence-corrected chi connectivity index (χ3v) is 3.33. The molecule has 130 valence electrons. The third kappa shape index (κ3) is 6.58. The second-order valence-electron chi connectivity index (χ2n) is 4.53. The molecule has 0 saturated carbocycles. The van der Waals surface area contributed by atoms with E-state index in [9.17, 15) is 0 Å². The van der Waals surface area contributed by atoms with Crippen LogP contribution in [0, 0.1) is 0 Å². The Balaban J connectivity index is 0.00000288. The van der Waals surface area contributed by atoms with Crippen molar-refractivity contribution in [3.05, 3.63) is 46.6 Å². The number of methoxy groups -OCH3 is 1. The van der Waals surface area contributed by atoms with E-state index in [1.165, 1.54) is 6.20 Å². The van der Waals surface area contributed by atoms with Crippen LogP contribution in [-0.4, -0.2) is 31.1 Å². The topological polar surface area (TPSA) is 84.6 Å². The van der Waals surface area contributed by atoms with Gasteiger partial charge in [-0.25, -0.2) is 4.98 Å². The van der Waals surface area contributed by atoms with Gasteiger partial charge in [0.05, 0.1) is 23.7 Å². The van der Waals surface area contributed by atoms with Gasteiger partial charge in [0, 0.05) is 24.5 Å². The second-order valence-corrected chi connectivity index (χ2v) is 5.38. The molecule has 0 spiro atoms. The number of anilines is 2. The molecule has 0 bridgehead atoms. The molecule has 24 heavy (non-hydrogen) atoms. The lowest BCUT2D eigenvalue weighted by Crippen LogP contribution is -2.23. The van der Waals surface area contributed by atoms with Crippen molar-refractivity contribution in [3.8, 4) is 5.75 Å². The lowest BCUT2D eigenvalue weighted by molar-refractivity contribution is 0.415. The van der Waals surface area contributed by atoms with Crippen LogP contribution < -0.4 is 21.1 Å². The molecule has 1 aromatic carbocycles. The second kappa shape index (κ2) is 10.4. The Morgan fingerprint density at radius 3 is 2.83 bits per heavy atom. The standard InChI is InChI=1S/C15H17Cl2N5O.HI/c1-23-12-4-2-3-11(8-12)22-15(18)20-6-5-19-14-13(17)7-10(16)9-21-14;/h2-4,7-9H,5-6H2,1H3,(H,19,21)(H3,18,20,22);1H. The lowest BCUT2D eigenvalue weighted by Gasteiger charge is -2.08. The van der Waals surface area contributed by atoms with Crippen molar-refractivity contribution < 1.29 is 4.74 Å². The Morgan fingerprint density at radius 1 is 1.33 bits per heavy atom. The molecule has 9 heteroatoms. The first-order valence-electron chi connectivity index (χ1n) is 6.84. The van der Waals surface area contributed by atoms with E-state index in [1.807, 2.05) is 24.3 Å². The first-order chi connectivity index (χ1) is 11.1. The van der Waals surface area contributed by atoms with Crippen LogP contribution in [0.15, 0.2) is 41.5 Å². The van der Waals surface area contributed by atoms with Gasteiger partial charge < -0.3 is 21.1 Å². The first-order valence-corrected chi connectivity index (χ1v) is 7.60. The monoisotopic (exact) mass is 481 g/mol. The van der Waals surface area contributed by atoms with Gasteiger partial charge in [-0.05, 0) is 18.2 Å². The summed E-state index contributed by atoms with van der Waals surface area (Å²) in [5, 5.41) is 7.01. The maximum Gasteiger partial charge on any atom is 0.193 e. The number of halogens is 3. The summed E-state index contributed by atoms with van der Waals surface area (Å²) in [6.07, 6.45) is 1.53. The molecule has 1 aromatic heterocycles. The highest BCUT2D eigenvalue weighted by Gasteiger charge is 2.02. The average Bonchev–Trinajstić information content (AvgIpc) is 2.53. The number of nitrogens with zero attached hydrogens (tertiary/aromatic N) is 2. The zero-order valence-electron chi connectivity index (χ0n) is 12.9. The highest BCUT2D eigenvalue weighted by atomic mass is 127. The van der Waals surface area contributed by atoms with Crippen LogP contribution in [0.1, 0.15) is 0 Å². The molecule has 0 aliphatic rings. The van der Waals surface area contributed by atoms with Gasteiger partial charge >= 0.3 is 0 Å². The largest absolute Gasteiger partial charge is 0.497 e. The van der Waals surface area contributed by atoms with Crippen LogP contribution in [0.25, 0.3) is 0 Å². The fraction of sp³-hybridized carbons (Fsp3) is 0.200. The quantitative estimate of drug-likeness (QED) is 0.252. The van der Waals surface area contributed by atoms with Gasteiger partial charge in [-0.2, -0.15) is 0 Å². The minimum atomic E-state index is 0. The molecule has 6 nitrogen and oxygen atoms in total. The number of nitrogens with one attached hydrogen (secondary N) is 2. The Bertz CT molecular complexity index is 699. The summed E-state index contributed by atoms with van der Waals surface area (Å²) in [7, 11) is 1.61. The predicted octanol–water partition coefficient (Wildman–Crippen LogP) is 3.85. The molecule has 1 heterocycles. The molecular weight excluding hydrogens is 464 g/mol. The number of ether oxygens (including phenoxy) is 1. The molecule has 0 fully saturated rings. The molecule has 0 saturated heterocycles. The molecular formula is C15H18Cl2IN5O. The van der Waals surface area contributed by atoms with Crippen LogP contribution >= 0.6 is 47.2 Å². The number of pyridine rings is 1. The molecule has 0 radical (unpaired) electrons. The summed E-state index contributed by atoms with van der Waals surface area (Å²) in [6.45, 7) is 0.998. The first kappa shape index (κ1) is 20.6. The minimum absolute atomic E-state index is 0. The minimum Gasteiger partial charge on any atom is -0.497 e. The maximum atomic E-state index is 6.01. The number of hydrogen-bond acceptors (Lipinski definition) is 4. The highest BCUT2D eigenvalue weighted by Crippen LogP contribution is 2.22. The van der Waals surface area contributed by atoms with Gasteiger partial charge in [-0.1, -0.05) is 29.3 Å². The number of nitrogens with two attached hydrogens (primary N) is 1. The SMILES string of the molecule is COc1cccc(NC(N)=NCCNc2ncc(Cl)cc2Cl)c1.I. The molecule has 0 unspecified atom stereocenters. The van der Waals surface area contributed by atoms with E-state index in [2.05, 4.69) is 20.6 Å². The number of benzene rings is 1.